The molecule has 0 fully saturated rings. The lowest BCUT2D eigenvalue weighted by Gasteiger charge is -2.40. The lowest BCUT2D eigenvalue weighted by atomic mass is 9.98. The molecule has 1 unspecified atom stereocenters. The molecule has 7 nitrogen and oxygen atoms in total. The molecule has 2 heterocycles. The number of methoxy groups -OCH3 is 2. The van der Waals surface area contributed by atoms with Crippen molar-refractivity contribution in [2.75, 3.05) is 20.8 Å². The second-order valence-electron chi connectivity index (χ2n) is 15.3. The molecule has 0 bridgehead atoms. The highest BCUT2D eigenvalue weighted by Gasteiger charge is 2.40. The molecule has 0 saturated carbocycles. The van der Waals surface area contributed by atoms with Gasteiger partial charge in [-0.05, 0) is 81.3 Å². The number of hydrogen-bond donors (Lipinski definition) is 1. The van der Waals surface area contributed by atoms with Gasteiger partial charge < -0.3 is 33.2 Å². The van der Waals surface area contributed by atoms with Gasteiger partial charge in [0.05, 0.1) is 56.9 Å². The van der Waals surface area contributed by atoms with E-state index in [0.29, 0.717) is 32.5 Å². The lowest BCUT2D eigenvalue weighted by Crippen LogP contribution is -2.47. The minimum Gasteiger partial charge on any atom is -0.497 e. The third-order valence-electron chi connectivity index (χ3n) is 10.1. The molecule has 282 valence electrons. The zero-order chi connectivity index (χ0) is 37.4. The maximum Gasteiger partial charge on any atom is 0.193 e. The van der Waals surface area contributed by atoms with E-state index in [0.717, 1.165) is 42.6 Å². The molecule has 7 atom stereocenters. The fraction of sp³-hybridized carbons (Fsp3) is 0.581. The van der Waals surface area contributed by atoms with Crippen molar-refractivity contribution in [3.63, 3.8) is 0 Å². The van der Waals surface area contributed by atoms with E-state index in [9.17, 15) is 5.11 Å². The first-order valence-corrected chi connectivity index (χ1v) is 21.3. The van der Waals surface area contributed by atoms with Crippen LogP contribution in [0.15, 0.2) is 84.5 Å². The van der Waals surface area contributed by atoms with Crippen molar-refractivity contribution >= 4 is 8.32 Å². The molecule has 2 aliphatic rings. The Morgan fingerprint density at radius 2 is 1.90 bits per heavy atom. The van der Waals surface area contributed by atoms with Crippen LogP contribution in [0.1, 0.15) is 78.2 Å². The maximum atomic E-state index is 11.0. The van der Waals surface area contributed by atoms with Gasteiger partial charge >= 0.3 is 0 Å². The Morgan fingerprint density at radius 3 is 2.55 bits per heavy atom. The lowest BCUT2D eigenvalue weighted by molar-refractivity contribution is -0.0721. The van der Waals surface area contributed by atoms with Gasteiger partial charge in [0.15, 0.2) is 8.32 Å². The number of benzene rings is 1. The molecule has 3 rings (SSSR count). The van der Waals surface area contributed by atoms with Crippen LogP contribution in [0, 0.1) is 12.3 Å². The van der Waals surface area contributed by atoms with E-state index < -0.39 is 14.4 Å². The average Bonchev–Trinajstić information content (AvgIpc) is 3.08. The first-order chi connectivity index (χ1) is 24.2. The van der Waals surface area contributed by atoms with E-state index in [1.54, 1.807) is 14.2 Å². The van der Waals surface area contributed by atoms with E-state index in [4.69, 9.17) is 34.5 Å². The van der Waals surface area contributed by atoms with Gasteiger partial charge in [0.2, 0.25) is 0 Å². The molecule has 1 aromatic rings. The van der Waals surface area contributed by atoms with Gasteiger partial charge in [-0.1, -0.05) is 93.2 Å². The summed E-state index contributed by atoms with van der Waals surface area (Å²) in [5.41, 5.74) is 3.38. The second kappa shape index (κ2) is 21.1. The van der Waals surface area contributed by atoms with Crippen LogP contribution in [0.5, 0.6) is 5.75 Å². The van der Waals surface area contributed by atoms with Crippen molar-refractivity contribution in [2.24, 2.45) is 0 Å². The summed E-state index contributed by atoms with van der Waals surface area (Å²) >= 11 is 0. The summed E-state index contributed by atoms with van der Waals surface area (Å²) in [6, 6.07) is 7.94. The Bertz CT molecular complexity index is 1360. The van der Waals surface area contributed by atoms with Crippen LogP contribution < -0.4 is 4.74 Å². The highest BCUT2D eigenvalue weighted by Crippen LogP contribution is 2.38. The number of aliphatic hydroxyl groups is 1. The van der Waals surface area contributed by atoms with Crippen LogP contribution in [0.3, 0.4) is 0 Å². The summed E-state index contributed by atoms with van der Waals surface area (Å²) in [6.07, 6.45) is 23.3. The number of aliphatic hydroxyl groups excluding tert-OH is 1. The molecule has 0 spiro atoms. The van der Waals surface area contributed by atoms with Crippen LogP contribution in [0.4, 0.5) is 0 Å². The first-order valence-electron chi connectivity index (χ1n) is 18.4. The van der Waals surface area contributed by atoms with E-state index >= 15 is 0 Å². The standard InChI is InChI=1S/C43H64O7Si/c1-11-14-37-23-25-39(46-8)41(49-37)18-12-15-32(2)29-35(44)16-13-17-40(48-31-34-19-21-36(45-7)22-20-34)42(50-51(9,10)43(4,5)6)26-24-38-30-33(3)27-28-47-38/h1,13,16,19-27,35,37-42,44H,2,12,14-15,17-18,28-31H2,3-10H3/b16-13+,26-24+/t35?,37-,38-,39+,40+,41-,42+/m1/s1. The number of terminal acetylenes is 1. The van der Waals surface area contributed by atoms with Crippen molar-refractivity contribution in [1.82, 2.24) is 0 Å². The molecule has 1 N–H and O–H groups in total. The minimum atomic E-state index is -2.19. The molecule has 51 heavy (non-hydrogen) atoms. The number of ether oxygens (including phenoxy) is 5. The van der Waals surface area contributed by atoms with Crippen LogP contribution in [0.2, 0.25) is 18.1 Å². The number of hydrogen-bond acceptors (Lipinski definition) is 7. The van der Waals surface area contributed by atoms with Crippen LogP contribution in [-0.2, 0) is 30.0 Å². The highest BCUT2D eigenvalue weighted by atomic mass is 28.4. The van der Waals surface area contributed by atoms with Crippen molar-refractivity contribution in [3.05, 3.63) is 90.1 Å². The third-order valence-corrected chi connectivity index (χ3v) is 14.5. The summed E-state index contributed by atoms with van der Waals surface area (Å²) in [7, 11) is 1.17. The third kappa shape index (κ3) is 14.7. The molecule has 0 radical (unpaired) electrons. The van der Waals surface area contributed by atoms with Gasteiger partial charge in [-0.2, -0.15) is 0 Å². The van der Waals surface area contributed by atoms with Gasteiger partial charge in [0.25, 0.3) is 0 Å². The smallest absolute Gasteiger partial charge is 0.193 e. The first kappa shape index (κ1) is 42.7. The SMILES string of the molecule is C#CC[C@@H]1C=C[C@H](OC)[C@@H](CCCC(=C)CC(O)/C=C/C[C@H](OCc2ccc(OC)cc2)[C@H](/C=C/[C@@H]2CC(C)=CCO2)O[Si](C)(C)C(C)(C)C)O1. The molecular formula is C43H64O7Si. The van der Waals surface area contributed by atoms with Crippen molar-refractivity contribution in [1.29, 1.82) is 0 Å². The van der Waals surface area contributed by atoms with Crippen LogP contribution in [-0.4, -0.2) is 77.0 Å². The fourth-order valence-corrected chi connectivity index (χ4v) is 7.16. The molecular weight excluding hydrogens is 657 g/mol. The molecule has 0 amide bonds. The van der Waals surface area contributed by atoms with Gasteiger partial charge in [-0.25, -0.2) is 0 Å². The Labute approximate surface area is 309 Å². The topological polar surface area (TPSA) is 75.6 Å². The minimum absolute atomic E-state index is 0.00275. The molecule has 0 saturated heterocycles. The van der Waals surface area contributed by atoms with E-state index in [2.05, 4.69) is 71.5 Å². The second-order valence-corrected chi connectivity index (χ2v) is 20.1. The normalized spacial score (nSPS) is 23.2. The van der Waals surface area contributed by atoms with Crippen LogP contribution >= 0.6 is 0 Å². The molecule has 1 aromatic carbocycles. The Morgan fingerprint density at radius 1 is 1.16 bits per heavy atom. The van der Waals surface area contributed by atoms with Gasteiger partial charge in [-0.15, -0.1) is 12.3 Å². The van der Waals surface area contributed by atoms with Gasteiger partial charge in [0.1, 0.15) is 11.9 Å². The Balaban J connectivity index is 1.69. The fourth-order valence-electron chi connectivity index (χ4n) is 5.90. The predicted molar refractivity (Wildman–Crippen MR) is 210 cm³/mol. The largest absolute Gasteiger partial charge is 0.497 e. The van der Waals surface area contributed by atoms with Crippen LogP contribution in [0.25, 0.3) is 0 Å². The Hall–Kier alpha value is -2.74. The highest BCUT2D eigenvalue weighted by molar-refractivity contribution is 6.74. The van der Waals surface area contributed by atoms with Crippen molar-refractivity contribution in [3.8, 4) is 18.1 Å². The summed E-state index contributed by atoms with van der Waals surface area (Å²) in [5.74, 6) is 3.48. The monoisotopic (exact) mass is 720 g/mol. The summed E-state index contributed by atoms with van der Waals surface area (Å²) in [4.78, 5) is 0. The summed E-state index contributed by atoms with van der Waals surface area (Å²) < 4.78 is 36.9. The van der Waals surface area contributed by atoms with E-state index in [1.165, 1.54) is 5.57 Å². The number of rotatable bonds is 20. The average molecular weight is 721 g/mol. The van der Waals surface area contributed by atoms with Gasteiger partial charge in [-0.3, -0.25) is 0 Å². The summed E-state index contributed by atoms with van der Waals surface area (Å²) in [5, 5.41) is 11.0. The molecule has 2 aliphatic heterocycles. The Kier molecular flexibility index (Phi) is 17.6. The van der Waals surface area contributed by atoms with Crippen molar-refractivity contribution < 1.29 is 33.2 Å². The molecule has 8 heteroatoms. The molecule has 0 aromatic heterocycles. The predicted octanol–water partition coefficient (Wildman–Crippen LogP) is 9.05. The quantitative estimate of drug-likeness (QED) is 0.0819. The van der Waals surface area contributed by atoms with Gasteiger partial charge in [0, 0.05) is 13.5 Å². The zero-order valence-electron chi connectivity index (χ0n) is 32.4. The maximum absolute atomic E-state index is 11.0. The zero-order valence-corrected chi connectivity index (χ0v) is 33.4. The van der Waals surface area contributed by atoms with E-state index in [1.807, 2.05) is 48.6 Å². The molecule has 0 aliphatic carbocycles. The van der Waals surface area contributed by atoms with Crippen molar-refractivity contribution in [2.45, 2.75) is 140 Å². The van der Waals surface area contributed by atoms with E-state index in [-0.39, 0.29) is 41.7 Å². The summed E-state index contributed by atoms with van der Waals surface area (Å²) in [6.45, 7) is 18.7.